The van der Waals surface area contributed by atoms with Crippen LogP contribution >= 0.6 is 11.3 Å². The third kappa shape index (κ3) is 4.67. The van der Waals surface area contributed by atoms with Gasteiger partial charge in [0.2, 0.25) is 0 Å². The Balaban J connectivity index is 2.55. The van der Waals surface area contributed by atoms with E-state index < -0.39 is 0 Å². The van der Waals surface area contributed by atoms with Crippen molar-refractivity contribution in [3.8, 4) is 0 Å². The highest BCUT2D eigenvalue weighted by Crippen LogP contribution is 2.25. The minimum absolute atomic E-state index is 0.146. The number of aromatic nitrogens is 1. The molecule has 4 heteroatoms. The zero-order valence-electron chi connectivity index (χ0n) is 12.4. The summed E-state index contributed by atoms with van der Waals surface area (Å²) in [6.07, 6.45) is 0. The molecule has 1 atom stereocenters. The van der Waals surface area contributed by atoms with E-state index in [0.717, 1.165) is 18.8 Å². The molecule has 0 saturated heterocycles. The molecule has 0 aromatic carbocycles. The van der Waals surface area contributed by atoms with Crippen molar-refractivity contribution in [2.45, 2.75) is 52.6 Å². The van der Waals surface area contributed by atoms with E-state index in [1.54, 1.807) is 18.4 Å². The molecule has 0 radical (unpaired) electrons. The topological polar surface area (TPSA) is 34.1 Å². The molecule has 0 spiro atoms. The monoisotopic (exact) mass is 270 g/mol. The van der Waals surface area contributed by atoms with Crippen molar-refractivity contribution in [1.82, 2.24) is 10.3 Å². The van der Waals surface area contributed by atoms with Gasteiger partial charge in [0, 0.05) is 30.5 Å². The van der Waals surface area contributed by atoms with Gasteiger partial charge in [-0.05, 0) is 5.92 Å². The molecule has 0 aliphatic carbocycles. The van der Waals surface area contributed by atoms with Crippen molar-refractivity contribution in [2.24, 2.45) is 5.92 Å². The van der Waals surface area contributed by atoms with Crippen LogP contribution in [0, 0.1) is 5.92 Å². The first-order valence-corrected chi connectivity index (χ1v) is 7.39. The van der Waals surface area contributed by atoms with Gasteiger partial charge in [-0.25, -0.2) is 4.98 Å². The van der Waals surface area contributed by atoms with Crippen LogP contribution in [0.2, 0.25) is 0 Å². The molecule has 1 rings (SSSR count). The van der Waals surface area contributed by atoms with E-state index >= 15 is 0 Å². The Morgan fingerprint density at radius 3 is 2.50 bits per heavy atom. The summed E-state index contributed by atoms with van der Waals surface area (Å²) in [6, 6.07) is 0.384. The first-order valence-electron chi connectivity index (χ1n) is 6.51. The largest absolute Gasteiger partial charge is 0.383 e. The molecule has 0 aliphatic rings. The van der Waals surface area contributed by atoms with E-state index in [9.17, 15) is 0 Å². The van der Waals surface area contributed by atoms with Crippen molar-refractivity contribution in [2.75, 3.05) is 13.7 Å². The lowest BCUT2D eigenvalue weighted by molar-refractivity contribution is 0.146. The molecule has 18 heavy (non-hydrogen) atoms. The summed E-state index contributed by atoms with van der Waals surface area (Å²) >= 11 is 1.75. The second-order valence-electron chi connectivity index (χ2n) is 6.08. The van der Waals surface area contributed by atoms with Gasteiger partial charge in [0.1, 0.15) is 0 Å². The van der Waals surface area contributed by atoms with Crippen molar-refractivity contribution in [1.29, 1.82) is 0 Å². The first-order chi connectivity index (χ1) is 8.34. The summed E-state index contributed by atoms with van der Waals surface area (Å²) in [6.45, 7) is 12.6. The van der Waals surface area contributed by atoms with E-state index in [2.05, 4.69) is 50.3 Å². The lowest BCUT2D eigenvalue weighted by Crippen LogP contribution is -2.37. The molecule has 0 aliphatic heterocycles. The predicted molar refractivity (Wildman–Crippen MR) is 78.2 cm³/mol. The third-order valence-electron chi connectivity index (χ3n) is 2.89. The number of nitrogens with one attached hydrogen (secondary N) is 1. The maximum absolute atomic E-state index is 5.23. The molecule has 3 nitrogen and oxygen atoms in total. The number of thiazole rings is 1. The highest BCUT2D eigenvalue weighted by atomic mass is 32.1. The van der Waals surface area contributed by atoms with Crippen LogP contribution in [0.3, 0.4) is 0 Å². The summed E-state index contributed by atoms with van der Waals surface area (Å²) < 4.78 is 5.23. The Kier molecular flexibility index (Phi) is 5.76. The summed E-state index contributed by atoms with van der Waals surface area (Å²) in [7, 11) is 1.75. The minimum atomic E-state index is 0.146. The number of rotatable bonds is 6. The van der Waals surface area contributed by atoms with Gasteiger partial charge in [0.15, 0.2) is 0 Å². The van der Waals surface area contributed by atoms with Gasteiger partial charge in [-0.1, -0.05) is 34.6 Å². The number of methoxy groups -OCH3 is 1. The van der Waals surface area contributed by atoms with E-state index in [4.69, 9.17) is 4.74 Å². The molecule has 1 aromatic heterocycles. The fourth-order valence-electron chi connectivity index (χ4n) is 1.63. The van der Waals surface area contributed by atoms with E-state index in [1.807, 2.05) is 0 Å². The summed E-state index contributed by atoms with van der Waals surface area (Å²) in [4.78, 5) is 4.69. The van der Waals surface area contributed by atoms with Crippen molar-refractivity contribution in [3.63, 3.8) is 0 Å². The number of ether oxygens (including phenoxy) is 1. The Morgan fingerprint density at radius 2 is 2.06 bits per heavy atom. The second kappa shape index (κ2) is 6.64. The van der Waals surface area contributed by atoms with Crippen LogP contribution in [0.4, 0.5) is 0 Å². The molecule has 104 valence electrons. The zero-order valence-corrected chi connectivity index (χ0v) is 13.2. The Hall–Kier alpha value is -0.450. The average Bonchev–Trinajstić information content (AvgIpc) is 2.71. The fraction of sp³-hybridized carbons (Fsp3) is 0.786. The maximum Gasteiger partial charge on any atom is 0.0982 e. The third-order valence-corrected chi connectivity index (χ3v) is 4.21. The number of hydrogen-bond acceptors (Lipinski definition) is 4. The van der Waals surface area contributed by atoms with Gasteiger partial charge in [0.05, 0.1) is 17.3 Å². The molecule has 1 aromatic rings. The fourth-order valence-corrected chi connectivity index (χ4v) is 2.54. The lowest BCUT2D eigenvalue weighted by Gasteiger charge is -2.21. The molecule has 0 saturated carbocycles. The Bertz CT molecular complexity index is 355. The van der Waals surface area contributed by atoms with Gasteiger partial charge in [-0.15, -0.1) is 11.3 Å². The Morgan fingerprint density at radius 1 is 1.39 bits per heavy atom. The van der Waals surface area contributed by atoms with Gasteiger partial charge >= 0.3 is 0 Å². The van der Waals surface area contributed by atoms with Crippen molar-refractivity contribution < 1.29 is 4.74 Å². The van der Waals surface area contributed by atoms with Crippen LogP contribution in [0.25, 0.3) is 0 Å². The maximum atomic E-state index is 5.23. The zero-order chi connectivity index (χ0) is 13.8. The summed E-state index contributed by atoms with van der Waals surface area (Å²) in [5, 5.41) is 6.87. The SMILES string of the molecule is COCC(NCc1csc(C(C)(C)C)n1)C(C)C. The molecule has 0 bridgehead atoms. The molecule has 1 heterocycles. The normalized spacial score (nSPS) is 14.2. The highest BCUT2D eigenvalue weighted by molar-refractivity contribution is 7.09. The van der Waals surface area contributed by atoms with E-state index in [1.165, 1.54) is 5.01 Å². The average molecular weight is 270 g/mol. The van der Waals surface area contributed by atoms with Crippen LogP contribution in [-0.4, -0.2) is 24.7 Å². The van der Waals surface area contributed by atoms with Crippen LogP contribution < -0.4 is 5.32 Å². The summed E-state index contributed by atoms with van der Waals surface area (Å²) in [5.74, 6) is 0.561. The van der Waals surface area contributed by atoms with Crippen LogP contribution in [0.1, 0.15) is 45.3 Å². The lowest BCUT2D eigenvalue weighted by atomic mass is 9.98. The van der Waals surface area contributed by atoms with E-state index in [0.29, 0.717) is 12.0 Å². The predicted octanol–water partition coefficient (Wildman–Crippen LogP) is 3.20. The van der Waals surface area contributed by atoms with Crippen LogP contribution in [-0.2, 0) is 16.7 Å². The second-order valence-corrected chi connectivity index (χ2v) is 6.94. The van der Waals surface area contributed by atoms with Crippen LogP contribution in [0.15, 0.2) is 5.38 Å². The van der Waals surface area contributed by atoms with Crippen molar-refractivity contribution in [3.05, 3.63) is 16.1 Å². The first kappa shape index (κ1) is 15.6. The summed E-state index contributed by atoms with van der Waals surface area (Å²) in [5.41, 5.74) is 1.28. The molecular formula is C14H26N2OS. The van der Waals surface area contributed by atoms with Crippen LogP contribution in [0.5, 0.6) is 0 Å². The highest BCUT2D eigenvalue weighted by Gasteiger charge is 2.18. The smallest absolute Gasteiger partial charge is 0.0982 e. The Labute approximate surface area is 115 Å². The van der Waals surface area contributed by atoms with Gasteiger partial charge in [-0.3, -0.25) is 0 Å². The molecule has 1 N–H and O–H groups in total. The molecule has 1 unspecified atom stereocenters. The van der Waals surface area contributed by atoms with Crippen molar-refractivity contribution >= 4 is 11.3 Å². The van der Waals surface area contributed by atoms with Gasteiger partial charge in [0.25, 0.3) is 0 Å². The molecule has 0 amide bonds. The standard InChI is InChI=1S/C14H26N2OS/c1-10(2)12(8-17-6)15-7-11-9-18-13(16-11)14(3,4)5/h9-10,12,15H,7-8H2,1-6H3. The van der Waals surface area contributed by atoms with Gasteiger partial charge in [-0.2, -0.15) is 0 Å². The quantitative estimate of drug-likeness (QED) is 0.862. The molecular weight excluding hydrogens is 244 g/mol. The number of nitrogens with zero attached hydrogens (tertiary/aromatic N) is 1. The molecule has 0 fully saturated rings. The number of hydrogen-bond donors (Lipinski definition) is 1. The minimum Gasteiger partial charge on any atom is -0.383 e. The van der Waals surface area contributed by atoms with E-state index in [-0.39, 0.29) is 5.41 Å². The van der Waals surface area contributed by atoms with Gasteiger partial charge < -0.3 is 10.1 Å².